The first-order chi connectivity index (χ1) is 9.40. The number of aliphatic hydroxyl groups is 1. The van der Waals surface area contributed by atoms with Gasteiger partial charge in [-0.2, -0.15) is 0 Å². The summed E-state index contributed by atoms with van der Waals surface area (Å²) in [6.45, 7) is 0.164. The number of hydrogen-bond acceptors (Lipinski definition) is 3. The summed E-state index contributed by atoms with van der Waals surface area (Å²) < 4.78 is 39.6. The average molecular weight is 322 g/mol. The Kier molecular flexibility index (Phi) is 5.01. The van der Waals surface area contributed by atoms with Gasteiger partial charge in [0.25, 0.3) is 0 Å². The molecule has 1 aliphatic rings. The van der Waals surface area contributed by atoms with Crippen LogP contribution in [0.2, 0.25) is 5.02 Å². The van der Waals surface area contributed by atoms with E-state index in [9.17, 15) is 17.9 Å². The van der Waals surface area contributed by atoms with Crippen molar-refractivity contribution in [2.45, 2.75) is 36.7 Å². The lowest BCUT2D eigenvalue weighted by atomic mass is 9.87. The lowest BCUT2D eigenvalue weighted by Gasteiger charge is -2.27. The number of hydrogen-bond donors (Lipinski definition) is 2. The summed E-state index contributed by atoms with van der Waals surface area (Å²) >= 11 is 5.76. The second-order valence-electron chi connectivity index (χ2n) is 5.04. The summed E-state index contributed by atoms with van der Waals surface area (Å²) in [4.78, 5) is -0.147. The molecule has 1 aliphatic carbocycles. The predicted octanol–water partition coefficient (Wildman–Crippen LogP) is 2.31. The van der Waals surface area contributed by atoms with Crippen LogP contribution in [-0.2, 0) is 10.0 Å². The molecule has 0 radical (unpaired) electrons. The normalized spacial score (nSPS) is 23.8. The van der Waals surface area contributed by atoms with E-state index in [1.165, 1.54) is 0 Å². The second kappa shape index (κ2) is 6.39. The van der Waals surface area contributed by atoms with Gasteiger partial charge >= 0.3 is 0 Å². The van der Waals surface area contributed by atoms with E-state index in [1.807, 2.05) is 0 Å². The van der Waals surface area contributed by atoms with Crippen LogP contribution in [0.3, 0.4) is 0 Å². The zero-order valence-corrected chi connectivity index (χ0v) is 12.4. The highest BCUT2D eigenvalue weighted by atomic mass is 35.5. The number of benzene rings is 1. The minimum atomic E-state index is -3.79. The molecule has 20 heavy (non-hydrogen) atoms. The fourth-order valence-electron chi connectivity index (χ4n) is 2.41. The summed E-state index contributed by atoms with van der Waals surface area (Å²) in [7, 11) is -3.79. The van der Waals surface area contributed by atoms with Crippen LogP contribution in [0.1, 0.15) is 25.7 Å². The van der Waals surface area contributed by atoms with Gasteiger partial charge < -0.3 is 5.11 Å². The van der Waals surface area contributed by atoms with E-state index in [0.29, 0.717) is 6.42 Å². The molecule has 0 heterocycles. The van der Waals surface area contributed by atoms with Crippen molar-refractivity contribution >= 4 is 21.6 Å². The fourth-order valence-corrected chi connectivity index (χ4v) is 4.04. The molecule has 0 aromatic heterocycles. The van der Waals surface area contributed by atoms with Gasteiger partial charge in [-0.25, -0.2) is 17.5 Å². The maximum atomic E-state index is 12.9. The topological polar surface area (TPSA) is 66.4 Å². The molecule has 1 saturated carbocycles. The molecule has 1 fully saturated rings. The molecule has 0 spiro atoms. The number of sulfonamides is 1. The zero-order chi connectivity index (χ0) is 14.8. The molecule has 2 N–H and O–H groups in total. The summed E-state index contributed by atoms with van der Waals surface area (Å²) in [5, 5.41) is 9.67. The highest BCUT2D eigenvalue weighted by Crippen LogP contribution is 2.25. The van der Waals surface area contributed by atoms with Crippen LogP contribution in [0.25, 0.3) is 0 Å². The summed E-state index contributed by atoms with van der Waals surface area (Å²) in [5.41, 5.74) is 0. The second-order valence-corrected chi connectivity index (χ2v) is 7.18. The Hall–Kier alpha value is -0.690. The number of nitrogens with one attached hydrogen (secondary N) is 1. The minimum Gasteiger partial charge on any atom is -0.393 e. The fraction of sp³-hybridized carbons (Fsp3) is 0.538. The van der Waals surface area contributed by atoms with E-state index < -0.39 is 21.9 Å². The highest BCUT2D eigenvalue weighted by molar-refractivity contribution is 7.89. The lowest BCUT2D eigenvalue weighted by Crippen LogP contribution is -2.36. The van der Waals surface area contributed by atoms with E-state index in [2.05, 4.69) is 4.72 Å². The van der Waals surface area contributed by atoms with Gasteiger partial charge in [0.2, 0.25) is 10.0 Å². The van der Waals surface area contributed by atoms with Crippen molar-refractivity contribution in [3.8, 4) is 0 Å². The highest BCUT2D eigenvalue weighted by Gasteiger charge is 2.26. The molecule has 0 aliphatic heterocycles. The minimum absolute atomic E-state index is 0.0854. The quantitative estimate of drug-likeness (QED) is 0.894. The Morgan fingerprint density at radius 1 is 1.35 bits per heavy atom. The van der Waals surface area contributed by atoms with Crippen molar-refractivity contribution in [2.24, 2.45) is 5.92 Å². The molecule has 1 aromatic rings. The monoisotopic (exact) mass is 321 g/mol. The maximum Gasteiger partial charge on any atom is 0.242 e. The van der Waals surface area contributed by atoms with Crippen molar-refractivity contribution in [3.05, 3.63) is 29.0 Å². The third-order valence-corrected chi connectivity index (χ3v) is 5.49. The first kappa shape index (κ1) is 15.7. The number of aliphatic hydroxyl groups excluding tert-OH is 1. The lowest BCUT2D eigenvalue weighted by molar-refractivity contribution is 0.0724. The Bertz CT molecular complexity index is 579. The van der Waals surface area contributed by atoms with E-state index >= 15 is 0 Å². The Morgan fingerprint density at radius 3 is 2.70 bits per heavy atom. The Balaban J connectivity index is 2.07. The van der Waals surface area contributed by atoms with Crippen LogP contribution in [0, 0.1) is 11.7 Å². The summed E-state index contributed by atoms with van der Waals surface area (Å²) in [6, 6.07) is 3.15. The van der Waals surface area contributed by atoms with Crippen LogP contribution in [-0.4, -0.2) is 26.2 Å². The largest absolute Gasteiger partial charge is 0.393 e. The zero-order valence-electron chi connectivity index (χ0n) is 10.9. The molecule has 0 amide bonds. The molecule has 7 heteroatoms. The Labute approximate surface area is 123 Å². The first-order valence-electron chi connectivity index (χ1n) is 6.53. The maximum absolute atomic E-state index is 12.9. The molecule has 2 unspecified atom stereocenters. The van der Waals surface area contributed by atoms with Gasteiger partial charge in [-0.05, 0) is 37.0 Å². The van der Waals surface area contributed by atoms with Gasteiger partial charge in [0.15, 0.2) is 0 Å². The van der Waals surface area contributed by atoms with Gasteiger partial charge in [0.05, 0.1) is 11.1 Å². The summed E-state index contributed by atoms with van der Waals surface area (Å²) in [5.74, 6) is -0.672. The molecule has 0 saturated heterocycles. The SMILES string of the molecule is O=S(=O)(NCC1CCCCC1O)c1ccc(F)cc1Cl. The molecule has 2 atom stereocenters. The van der Waals surface area contributed by atoms with Gasteiger partial charge in [-0.15, -0.1) is 0 Å². The van der Waals surface area contributed by atoms with Crippen LogP contribution >= 0.6 is 11.6 Å². The predicted molar refractivity (Wildman–Crippen MR) is 74.6 cm³/mol. The molecule has 4 nitrogen and oxygen atoms in total. The van der Waals surface area contributed by atoms with E-state index in [1.54, 1.807) is 0 Å². The van der Waals surface area contributed by atoms with Crippen molar-refractivity contribution in [1.29, 1.82) is 0 Å². The average Bonchev–Trinajstić information content (AvgIpc) is 2.37. The summed E-state index contributed by atoms with van der Waals surface area (Å²) in [6.07, 6.45) is 2.97. The smallest absolute Gasteiger partial charge is 0.242 e. The molecular formula is C13H17ClFNO3S. The molecule has 1 aromatic carbocycles. The van der Waals surface area contributed by atoms with Gasteiger partial charge in [-0.1, -0.05) is 24.4 Å². The molecule has 2 rings (SSSR count). The number of halogens is 2. The van der Waals surface area contributed by atoms with Crippen LogP contribution in [0.5, 0.6) is 0 Å². The van der Waals surface area contributed by atoms with Crippen molar-refractivity contribution < 1.29 is 17.9 Å². The van der Waals surface area contributed by atoms with Crippen LogP contribution in [0.4, 0.5) is 4.39 Å². The van der Waals surface area contributed by atoms with Crippen LogP contribution < -0.4 is 4.72 Å². The van der Waals surface area contributed by atoms with Crippen molar-refractivity contribution in [1.82, 2.24) is 4.72 Å². The van der Waals surface area contributed by atoms with Gasteiger partial charge in [-0.3, -0.25) is 0 Å². The van der Waals surface area contributed by atoms with Gasteiger partial charge in [0, 0.05) is 6.54 Å². The number of rotatable bonds is 4. The van der Waals surface area contributed by atoms with E-state index in [0.717, 1.165) is 37.5 Å². The molecular weight excluding hydrogens is 305 g/mol. The van der Waals surface area contributed by atoms with E-state index in [-0.39, 0.29) is 22.4 Å². The Morgan fingerprint density at radius 2 is 2.05 bits per heavy atom. The van der Waals surface area contributed by atoms with Gasteiger partial charge in [0.1, 0.15) is 10.7 Å². The third-order valence-electron chi connectivity index (χ3n) is 3.59. The first-order valence-corrected chi connectivity index (χ1v) is 8.39. The van der Waals surface area contributed by atoms with E-state index in [4.69, 9.17) is 11.6 Å². The molecule has 112 valence electrons. The standard InChI is InChI=1S/C13H17ClFNO3S/c14-11-7-10(15)5-6-13(11)20(18,19)16-8-9-3-1-2-4-12(9)17/h5-7,9,12,16-17H,1-4,8H2. The third kappa shape index (κ3) is 3.69. The van der Waals surface area contributed by atoms with Crippen LogP contribution in [0.15, 0.2) is 23.1 Å². The van der Waals surface area contributed by atoms with Crippen molar-refractivity contribution in [2.75, 3.05) is 6.54 Å². The molecule has 0 bridgehead atoms. The van der Waals surface area contributed by atoms with Crippen molar-refractivity contribution in [3.63, 3.8) is 0 Å².